The van der Waals surface area contributed by atoms with Gasteiger partial charge < -0.3 is 5.32 Å². The summed E-state index contributed by atoms with van der Waals surface area (Å²) in [6.07, 6.45) is 0. The summed E-state index contributed by atoms with van der Waals surface area (Å²) in [6, 6.07) is 14.4. The molecule has 0 fully saturated rings. The molecule has 0 saturated heterocycles. The molecule has 0 aliphatic rings. The van der Waals surface area contributed by atoms with Crippen LogP contribution in [0.15, 0.2) is 42.5 Å². The van der Waals surface area contributed by atoms with Gasteiger partial charge in [0, 0.05) is 12.6 Å². The molecule has 1 atom stereocenters. The van der Waals surface area contributed by atoms with Crippen LogP contribution in [0, 0.1) is 6.92 Å². The largest absolute Gasteiger partial charge is 0.306 e. The number of hydrogen-bond donors (Lipinski definition) is 1. The highest BCUT2D eigenvalue weighted by Crippen LogP contribution is 2.26. The van der Waals surface area contributed by atoms with Crippen molar-refractivity contribution in [3.63, 3.8) is 0 Å². The van der Waals surface area contributed by atoms with Gasteiger partial charge in [-0.3, -0.25) is 0 Å². The second-order valence-electron chi connectivity index (χ2n) is 4.67. The van der Waals surface area contributed by atoms with Crippen LogP contribution in [0.3, 0.4) is 0 Å². The molecule has 100 valence electrons. The number of rotatable bonds is 4. The van der Waals surface area contributed by atoms with Gasteiger partial charge in [0.2, 0.25) is 0 Å². The van der Waals surface area contributed by atoms with E-state index in [0.29, 0.717) is 16.6 Å². The molecular formula is C16H17Cl2N. The van der Waals surface area contributed by atoms with Crippen LogP contribution in [0.1, 0.15) is 29.7 Å². The van der Waals surface area contributed by atoms with Gasteiger partial charge in [0.05, 0.1) is 10.0 Å². The summed E-state index contributed by atoms with van der Waals surface area (Å²) in [7, 11) is 0. The van der Waals surface area contributed by atoms with Gasteiger partial charge in [0.15, 0.2) is 0 Å². The second kappa shape index (κ2) is 6.42. The van der Waals surface area contributed by atoms with Gasteiger partial charge in [-0.05, 0) is 36.6 Å². The Morgan fingerprint density at radius 2 is 1.79 bits per heavy atom. The van der Waals surface area contributed by atoms with E-state index in [9.17, 15) is 0 Å². The molecule has 0 aromatic heterocycles. The molecule has 19 heavy (non-hydrogen) atoms. The molecule has 0 unspecified atom stereocenters. The molecule has 1 N–H and O–H groups in total. The van der Waals surface area contributed by atoms with Crippen molar-refractivity contribution < 1.29 is 0 Å². The molecule has 0 bridgehead atoms. The molecule has 0 aliphatic carbocycles. The topological polar surface area (TPSA) is 12.0 Å². The lowest BCUT2D eigenvalue weighted by Gasteiger charge is -2.17. The number of benzene rings is 2. The minimum Gasteiger partial charge on any atom is -0.306 e. The van der Waals surface area contributed by atoms with Crippen LogP contribution in [0.5, 0.6) is 0 Å². The minimum absolute atomic E-state index is 0.274. The van der Waals surface area contributed by atoms with Gasteiger partial charge in [0.25, 0.3) is 0 Å². The number of halogens is 2. The van der Waals surface area contributed by atoms with E-state index in [4.69, 9.17) is 23.2 Å². The van der Waals surface area contributed by atoms with Crippen LogP contribution in [-0.4, -0.2) is 0 Å². The first kappa shape index (κ1) is 14.4. The summed E-state index contributed by atoms with van der Waals surface area (Å²) < 4.78 is 0. The van der Waals surface area contributed by atoms with Crippen LogP contribution in [0.4, 0.5) is 0 Å². The number of hydrogen-bond acceptors (Lipinski definition) is 1. The normalized spacial score (nSPS) is 12.4. The molecule has 3 heteroatoms. The third kappa shape index (κ3) is 3.50. The van der Waals surface area contributed by atoms with Gasteiger partial charge in [-0.1, -0.05) is 59.6 Å². The Labute approximate surface area is 124 Å². The van der Waals surface area contributed by atoms with E-state index in [-0.39, 0.29) is 6.04 Å². The summed E-state index contributed by atoms with van der Waals surface area (Å²) in [5, 5.41) is 4.72. The molecule has 0 amide bonds. The zero-order valence-corrected chi connectivity index (χ0v) is 12.6. The van der Waals surface area contributed by atoms with Crippen molar-refractivity contribution in [3.05, 3.63) is 69.2 Å². The van der Waals surface area contributed by atoms with Crippen LogP contribution < -0.4 is 5.32 Å². The van der Waals surface area contributed by atoms with Crippen molar-refractivity contribution in [2.24, 2.45) is 0 Å². The molecule has 0 heterocycles. The van der Waals surface area contributed by atoms with Crippen LogP contribution in [0.25, 0.3) is 0 Å². The first-order valence-electron chi connectivity index (χ1n) is 6.31. The standard InChI is InChI=1S/C16H17Cl2N/c1-11-6-3-4-8-14(11)12(2)19-10-13-7-5-9-15(17)16(13)18/h3-9,12,19H,10H2,1-2H3/t12-/m0/s1. The van der Waals surface area contributed by atoms with E-state index in [1.54, 1.807) is 6.07 Å². The first-order chi connectivity index (χ1) is 9.09. The fourth-order valence-corrected chi connectivity index (χ4v) is 2.52. The van der Waals surface area contributed by atoms with Crippen LogP contribution in [0.2, 0.25) is 10.0 Å². The average Bonchev–Trinajstić information content (AvgIpc) is 2.40. The summed E-state index contributed by atoms with van der Waals surface area (Å²) in [4.78, 5) is 0. The Kier molecular flexibility index (Phi) is 4.87. The Bertz CT molecular complexity index is 566. The van der Waals surface area contributed by atoms with E-state index in [1.165, 1.54) is 11.1 Å². The van der Waals surface area contributed by atoms with Crippen molar-refractivity contribution in [1.29, 1.82) is 0 Å². The van der Waals surface area contributed by atoms with Gasteiger partial charge >= 0.3 is 0 Å². The van der Waals surface area contributed by atoms with Crippen molar-refractivity contribution in [2.75, 3.05) is 0 Å². The zero-order chi connectivity index (χ0) is 13.8. The molecule has 0 radical (unpaired) electrons. The minimum atomic E-state index is 0.274. The van der Waals surface area contributed by atoms with Crippen molar-refractivity contribution >= 4 is 23.2 Å². The third-order valence-electron chi connectivity index (χ3n) is 3.29. The fourth-order valence-electron chi connectivity index (χ4n) is 2.13. The molecule has 0 saturated carbocycles. The van der Waals surface area contributed by atoms with E-state index >= 15 is 0 Å². The predicted octanol–water partition coefficient (Wildman–Crippen LogP) is 5.15. The molecule has 2 aromatic rings. The highest BCUT2D eigenvalue weighted by molar-refractivity contribution is 6.42. The summed E-state index contributed by atoms with van der Waals surface area (Å²) in [5.41, 5.74) is 3.62. The molecule has 0 spiro atoms. The Balaban J connectivity index is 2.07. The highest BCUT2D eigenvalue weighted by atomic mass is 35.5. The highest BCUT2D eigenvalue weighted by Gasteiger charge is 2.09. The van der Waals surface area contributed by atoms with E-state index < -0.39 is 0 Å². The smallest absolute Gasteiger partial charge is 0.0637 e. The molecule has 1 nitrogen and oxygen atoms in total. The summed E-state index contributed by atoms with van der Waals surface area (Å²) in [5.74, 6) is 0. The Morgan fingerprint density at radius 1 is 1.05 bits per heavy atom. The van der Waals surface area contributed by atoms with Gasteiger partial charge in [0.1, 0.15) is 0 Å². The second-order valence-corrected chi connectivity index (χ2v) is 5.46. The first-order valence-corrected chi connectivity index (χ1v) is 7.07. The molecule has 2 rings (SSSR count). The van der Waals surface area contributed by atoms with E-state index in [2.05, 4.69) is 43.4 Å². The van der Waals surface area contributed by atoms with Crippen molar-refractivity contribution in [2.45, 2.75) is 26.4 Å². The van der Waals surface area contributed by atoms with Gasteiger partial charge in [-0.2, -0.15) is 0 Å². The fraction of sp³-hybridized carbons (Fsp3) is 0.250. The lowest BCUT2D eigenvalue weighted by atomic mass is 10.0. The van der Waals surface area contributed by atoms with E-state index in [0.717, 1.165) is 5.56 Å². The van der Waals surface area contributed by atoms with Crippen LogP contribution >= 0.6 is 23.2 Å². The summed E-state index contributed by atoms with van der Waals surface area (Å²) in [6.45, 7) is 4.98. The van der Waals surface area contributed by atoms with E-state index in [1.807, 2.05) is 12.1 Å². The van der Waals surface area contributed by atoms with Crippen molar-refractivity contribution in [1.82, 2.24) is 5.32 Å². The molecule has 0 aliphatic heterocycles. The average molecular weight is 294 g/mol. The lowest BCUT2D eigenvalue weighted by Crippen LogP contribution is -2.19. The lowest BCUT2D eigenvalue weighted by molar-refractivity contribution is 0.572. The maximum absolute atomic E-state index is 6.18. The predicted molar refractivity (Wildman–Crippen MR) is 82.9 cm³/mol. The Morgan fingerprint density at radius 3 is 2.53 bits per heavy atom. The Hall–Kier alpha value is -1.02. The van der Waals surface area contributed by atoms with Gasteiger partial charge in [-0.25, -0.2) is 0 Å². The summed E-state index contributed by atoms with van der Waals surface area (Å²) >= 11 is 12.2. The number of nitrogens with one attached hydrogen (secondary N) is 1. The monoisotopic (exact) mass is 293 g/mol. The van der Waals surface area contributed by atoms with Gasteiger partial charge in [-0.15, -0.1) is 0 Å². The zero-order valence-electron chi connectivity index (χ0n) is 11.1. The molecule has 2 aromatic carbocycles. The maximum atomic E-state index is 6.18. The number of aryl methyl sites for hydroxylation is 1. The van der Waals surface area contributed by atoms with Crippen LogP contribution in [-0.2, 0) is 6.54 Å². The quantitative estimate of drug-likeness (QED) is 0.822. The maximum Gasteiger partial charge on any atom is 0.0637 e. The SMILES string of the molecule is Cc1ccccc1[C@H](C)NCc1cccc(Cl)c1Cl. The van der Waals surface area contributed by atoms with Crippen molar-refractivity contribution in [3.8, 4) is 0 Å². The molecular weight excluding hydrogens is 277 g/mol. The third-order valence-corrected chi connectivity index (χ3v) is 4.14.